The van der Waals surface area contributed by atoms with E-state index in [9.17, 15) is 0 Å². The first kappa shape index (κ1) is 11.7. The Morgan fingerprint density at radius 3 is 2.29 bits per heavy atom. The summed E-state index contributed by atoms with van der Waals surface area (Å²) in [4.78, 5) is 0. The molecule has 2 aromatic rings. The lowest BCUT2D eigenvalue weighted by molar-refractivity contribution is 0.820. The fraction of sp³-hybridized carbons (Fsp3) is 0.250. The van der Waals surface area contributed by atoms with Gasteiger partial charge in [0.25, 0.3) is 0 Å². The van der Waals surface area contributed by atoms with Crippen molar-refractivity contribution in [2.45, 2.75) is 26.2 Å². The molecule has 2 aromatic carbocycles. The van der Waals surface area contributed by atoms with Crippen molar-refractivity contribution >= 4 is 5.69 Å². The molecule has 17 heavy (non-hydrogen) atoms. The minimum Gasteiger partial charge on any atom is -0.399 e. The number of rotatable bonds is 4. The molecule has 0 fully saturated rings. The van der Waals surface area contributed by atoms with Crippen molar-refractivity contribution in [1.29, 1.82) is 0 Å². The zero-order valence-electron chi connectivity index (χ0n) is 10.3. The summed E-state index contributed by atoms with van der Waals surface area (Å²) < 4.78 is 0. The first-order valence-electron chi connectivity index (χ1n) is 6.14. The molecule has 0 aromatic heterocycles. The van der Waals surface area contributed by atoms with Gasteiger partial charge in [0.15, 0.2) is 0 Å². The quantitative estimate of drug-likeness (QED) is 0.788. The van der Waals surface area contributed by atoms with Gasteiger partial charge >= 0.3 is 0 Å². The molecule has 0 spiro atoms. The third kappa shape index (κ3) is 3.63. The molecular weight excluding hydrogens is 206 g/mol. The summed E-state index contributed by atoms with van der Waals surface area (Å²) in [5.74, 6) is 0. The standard InChI is InChI=1S/C16H19N/c1-13-4-2-6-15(12-13)7-3-5-14-8-10-16(17)11-9-14/h2,4,6,8-12H,3,5,7,17H2,1H3. The molecule has 2 N–H and O–H groups in total. The van der Waals surface area contributed by atoms with Crippen LogP contribution in [0.5, 0.6) is 0 Å². The molecule has 0 heterocycles. The fourth-order valence-corrected chi connectivity index (χ4v) is 2.05. The van der Waals surface area contributed by atoms with Gasteiger partial charge in [0.05, 0.1) is 0 Å². The van der Waals surface area contributed by atoms with Crippen LogP contribution in [0.15, 0.2) is 48.5 Å². The van der Waals surface area contributed by atoms with Crippen molar-refractivity contribution in [2.24, 2.45) is 0 Å². The average Bonchev–Trinajstić information content (AvgIpc) is 2.32. The minimum atomic E-state index is 0.840. The summed E-state index contributed by atoms with van der Waals surface area (Å²) in [6, 6.07) is 16.9. The lowest BCUT2D eigenvalue weighted by Gasteiger charge is -2.04. The number of aryl methyl sites for hydroxylation is 3. The van der Waals surface area contributed by atoms with Gasteiger partial charge < -0.3 is 5.73 Å². The van der Waals surface area contributed by atoms with Gasteiger partial charge in [0.1, 0.15) is 0 Å². The minimum absolute atomic E-state index is 0.840. The Bertz CT molecular complexity index is 471. The van der Waals surface area contributed by atoms with Crippen LogP contribution < -0.4 is 5.73 Å². The lowest BCUT2D eigenvalue weighted by Crippen LogP contribution is -1.91. The van der Waals surface area contributed by atoms with Crippen molar-refractivity contribution in [3.8, 4) is 0 Å². The lowest BCUT2D eigenvalue weighted by atomic mass is 10.0. The molecule has 0 atom stereocenters. The summed E-state index contributed by atoms with van der Waals surface area (Å²) in [6.07, 6.45) is 3.45. The number of anilines is 1. The zero-order chi connectivity index (χ0) is 12.1. The van der Waals surface area contributed by atoms with Gasteiger partial charge in [-0.3, -0.25) is 0 Å². The van der Waals surface area contributed by atoms with E-state index in [0.29, 0.717) is 0 Å². The first-order valence-corrected chi connectivity index (χ1v) is 6.14. The van der Waals surface area contributed by atoms with Crippen LogP contribution in [-0.4, -0.2) is 0 Å². The van der Waals surface area contributed by atoms with E-state index in [1.165, 1.54) is 23.1 Å². The van der Waals surface area contributed by atoms with Crippen molar-refractivity contribution < 1.29 is 0 Å². The molecule has 0 amide bonds. The largest absolute Gasteiger partial charge is 0.399 e. The molecule has 0 bridgehead atoms. The zero-order valence-corrected chi connectivity index (χ0v) is 10.3. The highest BCUT2D eigenvalue weighted by Crippen LogP contribution is 2.11. The Balaban J connectivity index is 1.85. The monoisotopic (exact) mass is 225 g/mol. The third-order valence-electron chi connectivity index (χ3n) is 2.99. The predicted molar refractivity (Wildman–Crippen MR) is 74.1 cm³/mol. The van der Waals surface area contributed by atoms with E-state index in [4.69, 9.17) is 5.73 Å². The summed E-state index contributed by atoms with van der Waals surface area (Å²) in [5.41, 5.74) is 10.6. The molecule has 0 unspecified atom stereocenters. The predicted octanol–water partition coefficient (Wildman–Crippen LogP) is 3.75. The van der Waals surface area contributed by atoms with E-state index < -0.39 is 0 Å². The van der Waals surface area contributed by atoms with Crippen LogP contribution in [-0.2, 0) is 12.8 Å². The van der Waals surface area contributed by atoms with Crippen LogP contribution in [0.4, 0.5) is 5.69 Å². The maximum absolute atomic E-state index is 5.66. The van der Waals surface area contributed by atoms with Crippen LogP contribution in [0.3, 0.4) is 0 Å². The van der Waals surface area contributed by atoms with Gasteiger partial charge in [-0.15, -0.1) is 0 Å². The fourth-order valence-electron chi connectivity index (χ4n) is 2.05. The van der Waals surface area contributed by atoms with Gasteiger partial charge in [0.2, 0.25) is 0 Å². The van der Waals surface area contributed by atoms with E-state index in [1.54, 1.807) is 0 Å². The maximum atomic E-state index is 5.66. The number of benzene rings is 2. The number of hydrogen-bond acceptors (Lipinski definition) is 1. The topological polar surface area (TPSA) is 26.0 Å². The van der Waals surface area contributed by atoms with E-state index in [-0.39, 0.29) is 0 Å². The summed E-state index contributed by atoms with van der Waals surface area (Å²) >= 11 is 0. The summed E-state index contributed by atoms with van der Waals surface area (Å²) in [7, 11) is 0. The molecular formula is C16H19N. The van der Waals surface area contributed by atoms with Crippen LogP contribution in [0.1, 0.15) is 23.1 Å². The highest BCUT2D eigenvalue weighted by Gasteiger charge is 1.96. The Morgan fingerprint density at radius 2 is 1.59 bits per heavy atom. The second kappa shape index (κ2) is 5.53. The van der Waals surface area contributed by atoms with Crippen molar-refractivity contribution in [3.05, 3.63) is 65.2 Å². The van der Waals surface area contributed by atoms with Crippen LogP contribution in [0, 0.1) is 6.92 Å². The number of nitrogens with two attached hydrogens (primary N) is 1. The molecule has 1 heteroatoms. The highest BCUT2D eigenvalue weighted by molar-refractivity contribution is 5.39. The molecule has 0 aliphatic heterocycles. The molecule has 2 rings (SSSR count). The second-order valence-electron chi connectivity index (χ2n) is 4.58. The third-order valence-corrected chi connectivity index (χ3v) is 2.99. The van der Waals surface area contributed by atoms with Crippen molar-refractivity contribution in [1.82, 2.24) is 0 Å². The van der Waals surface area contributed by atoms with Crippen molar-refractivity contribution in [3.63, 3.8) is 0 Å². The van der Waals surface area contributed by atoms with E-state index in [2.05, 4.69) is 43.3 Å². The Labute approximate surface area is 103 Å². The number of nitrogen functional groups attached to an aromatic ring is 1. The maximum Gasteiger partial charge on any atom is 0.0314 e. The van der Waals surface area contributed by atoms with Gasteiger partial charge in [-0.2, -0.15) is 0 Å². The SMILES string of the molecule is Cc1cccc(CCCc2ccc(N)cc2)c1. The Kier molecular flexibility index (Phi) is 3.81. The van der Waals surface area contributed by atoms with Gasteiger partial charge in [-0.1, -0.05) is 42.0 Å². The molecule has 0 radical (unpaired) electrons. The van der Waals surface area contributed by atoms with E-state index >= 15 is 0 Å². The normalized spacial score (nSPS) is 10.4. The second-order valence-corrected chi connectivity index (χ2v) is 4.58. The molecule has 1 nitrogen and oxygen atoms in total. The molecule has 0 saturated carbocycles. The Morgan fingerprint density at radius 1 is 0.882 bits per heavy atom. The highest BCUT2D eigenvalue weighted by atomic mass is 14.5. The Hall–Kier alpha value is -1.76. The average molecular weight is 225 g/mol. The molecule has 0 aliphatic rings. The first-order chi connectivity index (χ1) is 8.24. The van der Waals surface area contributed by atoms with Gasteiger partial charge in [0, 0.05) is 5.69 Å². The molecule has 88 valence electrons. The van der Waals surface area contributed by atoms with Crippen molar-refractivity contribution in [2.75, 3.05) is 5.73 Å². The van der Waals surface area contributed by atoms with Crippen LogP contribution >= 0.6 is 0 Å². The van der Waals surface area contributed by atoms with Crippen LogP contribution in [0.25, 0.3) is 0 Å². The smallest absolute Gasteiger partial charge is 0.0314 e. The summed E-state index contributed by atoms with van der Waals surface area (Å²) in [5, 5.41) is 0. The van der Waals surface area contributed by atoms with E-state index in [1.807, 2.05) is 12.1 Å². The van der Waals surface area contributed by atoms with Gasteiger partial charge in [-0.25, -0.2) is 0 Å². The van der Waals surface area contributed by atoms with Gasteiger partial charge in [-0.05, 0) is 49.4 Å². The van der Waals surface area contributed by atoms with Crippen LogP contribution in [0.2, 0.25) is 0 Å². The van der Waals surface area contributed by atoms with E-state index in [0.717, 1.165) is 18.5 Å². The molecule has 0 aliphatic carbocycles. The number of hydrogen-bond donors (Lipinski definition) is 1. The summed E-state index contributed by atoms with van der Waals surface area (Å²) in [6.45, 7) is 2.14. The molecule has 0 saturated heterocycles.